The summed E-state index contributed by atoms with van der Waals surface area (Å²) in [5.41, 5.74) is 1.22. The third kappa shape index (κ3) is 5.01. The van der Waals surface area contributed by atoms with Crippen LogP contribution in [-0.4, -0.2) is 24.0 Å². The highest BCUT2D eigenvalue weighted by Gasteiger charge is 1.99. The van der Waals surface area contributed by atoms with Gasteiger partial charge in [-0.1, -0.05) is 19.9 Å². The minimum atomic E-state index is 0.925. The lowest BCUT2D eigenvalue weighted by molar-refractivity contribution is 0.401. The lowest BCUT2D eigenvalue weighted by atomic mass is 10.3. The topological polar surface area (TPSA) is 16.1 Å². The third-order valence-electron chi connectivity index (χ3n) is 1.32. The zero-order valence-electron chi connectivity index (χ0n) is 8.71. The minimum Gasteiger partial charge on any atom is -0.305 e. The van der Waals surface area contributed by atoms with Gasteiger partial charge in [0.15, 0.2) is 0 Å². The maximum atomic E-state index is 4.12. The van der Waals surface area contributed by atoms with E-state index >= 15 is 0 Å². The fourth-order valence-electron chi connectivity index (χ4n) is 0.878. The highest BCUT2D eigenvalue weighted by Crippen LogP contribution is 2.13. The van der Waals surface area contributed by atoms with E-state index in [-0.39, 0.29) is 0 Å². The van der Waals surface area contributed by atoms with Gasteiger partial charge in [-0.2, -0.15) is 0 Å². The van der Waals surface area contributed by atoms with Crippen LogP contribution in [-0.2, 0) is 6.54 Å². The van der Waals surface area contributed by atoms with Gasteiger partial charge in [0.05, 0.1) is 0 Å². The molecular weight excluding hydrogens is 228 g/mol. The molecule has 0 atom stereocenters. The number of nitrogens with zero attached hydrogens (tertiary/aromatic N) is 2. The summed E-state index contributed by atoms with van der Waals surface area (Å²) in [6, 6.07) is 4.01. The smallest absolute Gasteiger partial charge is 0.110 e. The van der Waals surface area contributed by atoms with E-state index < -0.39 is 0 Å². The molecule has 0 aliphatic rings. The molecule has 0 bridgehead atoms. The lowest BCUT2D eigenvalue weighted by Crippen LogP contribution is -2.11. The molecule has 0 saturated carbocycles. The number of rotatable bonds is 2. The van der Waals surface area contributed by atoms with Crippen molar-refractivity contribution in [2.75, 3.05) is 14.1 Å². The quantitative estimate of drug-likeness (QED) is 0.745. The summed E-state index contributed by atoms with van der Waals surface area (Å²) in [4.78, 5) is 6.24. The number of hydrogen-bond acceptors (Lipinski definition) is 2. The Morgan fingerprint density at radius 1 is 1.38 bits per heavy atom. The van der Waals surface area contributed by atoms with Crippen LogP contribution in [0.2, 0.25) is 0 Å². The molecule has 1 aromatic heterocycles. The SMILES string of the molecule is CC.CN(C)Cc1cccnc1Br. The van der Waals surface area contributed by atoms with Crippen molar-refractivity contribution in [3.05, 3.63) is 28.5 Å². The first-order chi connectivity index (χ1) is 6.20. The summed E-state index contributed by atoms with van der Waals surface area (Å²) in [7, 11) is 4.08. The molecule has 1 heterocycles. The normalized spacial score (nSPS) is 9.38. The number of aromatic nitrogens is 1. The van der Waals surface area contributed by atoms with Crippen molar-refractivity contribution < 1.29 is 0 Å². The molecule has 1 aromatic rings. The fourth-order valence-corrected chi connectivity index (χ4v) is 1.25. The molecule has 0 fully saturated rings. The van der Waals surface area contributed by atoms with E-state index in [0.717, 1.165) is 11.1 Å². The van der Waals surface area contributed by atoms with Gasteiger partial charge < -0.3 is 4.90 Å². The van der Waals surface area contributed by atoms with Crippen molar-refractivity contribution in [2.45, 2.75) is 20.4 Å². The Morgan fingerprint density at radius 2 is 2.00 bits per heavy atom. The Bertz CT molecular complexity index is 236. The maximum absolute atomic E-state index is 4.12. The minimum absolute atomic E-state index is 0.925. The van der Waals surface area contributed by atoms with Crippen molar-refractivity contribution in [1.29, 1.82) is 0 Å². The van der Waals surface area contributed by atoms with Gasteiger partial charge in [-0.15, -0.1) is 0 Å². The third-order valence-corrected chi connectivity index (χ3v) is 2.04. The van der Waals surface area contributed by atoms with Crippen LogP contribution in [0.15, 0.2) is 22.9 Å². The average molecular weight is 245 g/mol. The van der Waals surface area contributed by atoms with Crippen molar-refractivity contribution >= 4 is 15.9 Å². The van der Waals surface area contributed by atoms with E-state index in [4.69, 9.17) is 0 Å². The molecule has 1 rings (SSSR count). The molecule has 0 aliphatic heterocycles. The first-order valence-electron chi connectivity index (χ1n) is 4.44. The zero-order valence-corrected chi connectivity index (χ0v) is 10.3. The Hall–Kier alpha value is -0.410. The van der Waals surface area contributed by atoms with Crippen LogP contribution in [0.4, 0.5) is 0 Å². The first kappa shape index (κ1) is 12.6. The van der Waals surface area contributed by atoms with Crippen LogP contribution in [0.5, 0.6) is 0 Å². The Morgan fingerprint density at radius 3 is 2.46 bits per heavy atom. The average Bonchev–Trinajstić information content (AvgIpc) is 2.12. The van der Waals surface area contributed by atoms with Gasteiger partial charge in [-0.05, 0) is 41.7 Å². The van der Waals surface area contributed by atoms with Gasteiger partial charge in [-0.25, -0.2) is 4.98 Å². The molecule has 0 radical (unpaired) electrons. The second-order valence-electron chi connectivity index (χ2n) is 2.69. The molecule has 74 valence electrons. The standard InChI is InChI=1S/C8H11BrN2.C2H6/c1-11(2)6-7-4-3-5-10-8(7)9;1-2/h3-5H,6H2,1-2H3;1-2H3. The van der Waals surface area contributed by atoms with Gasteiger partial charge in [0.1, 0.15) is 4.60 Å². The first-order valence-corrected chi connectivity index (χ1v) is 5.23. The Balaban J connectivity index is 0.000000671. The maximum Gasteiger partial charge on any atom is 0.110 e. The lowest BCUT2D eigenvalue weighted by Gasteiger charge is -2.09. The van der Waals surface area contributed by atoms with Gasteiger partial charge >= 0.3 is 0 Å². The van der Waals surface area contributed by atoms with Crippen molar-refractivity contribution in [3.8, 4) is 0 Å². The number of pyridine rings is 1. The zero-order chi connectivity index (χ0) is 10.3. The molecule has 2 nitrogen and oxygen atoms in total. The number of hydrogen-bond donors (Lipinski definition) is 0. The second kappa shape index (κ2) is 7.04. The summed E-state index contributed by atoms with van der Waals surface area (Å²) in [5.74, 6) is 0. The van der Waals surface area contributed by atoms with Gasteiger partial charge in [0.25, 0.3) is 0 Å². The summed E-state index contributed by atoms with van der Waals surface area (Å²) < 4.78 is 0.939. The highest BCUT2D eigenvalue weighted by atomic mass is 79.9. The van der Waals surface area contributed by atoms with E-state index in [1.54, 1.807) is 6.20 Å². The predicted octanol–water partition coefficient (Wildman–Crippen LogP) is 2.93. The van der Waals surface area contributed by atoms with Crippen LogP contribution in [0.3, 0.4) is 0 Å². The van der Waals surface area contributed by atoms with Crippen LogP contribution >= 0.6 is 15.9 Å². The Labute approximate surface area is 89.1 Å². The largest absolute Gasteiger partial charge is 0.305 e. The molecule has 0 aliphatic carbocycles. The monoisotopic (exact) mass is 244 g/mol. The summed E-state index contributed by atoms with van der Waals surface area (Å²) in [6.07, 6.45) is 1.78. The Kier molecular flexibility index (Phi) is 6.82. The van der Waals surface area contributed by atoms with Gasteiger partial charge in [-0.3, -0.25) is 0 Å². The molecule has 13 heavy (non-hydrogen) atoms. The van der Waals surface area contributed by atoms with Crippen LogP contribution < -0.4 is 0 Å². The van der Waals surface area contributed by atoms with E-state index in [1.807, 2.05) is 34.0 Å². The molecule has 0 saturated heterocycles. The summed E-state index contributed by atoms with van der Waals surface area (Å²) in [5, 5.41) is 0. The van der Waals surface area contributed by atoms with E-state index in [2.05, 4.69) is 31.9 Å². The molecule has 0 N–H and O–H groups in total. The van der Waals surface area contributed by atoms with E-state index in [1.165, 1.54) is 5.56 Å². The van der Waals surface area contributed by atoms with Gasteiger partial charge in [0, 0.05) is 12.7 Å². The summed E-state index contributed by atoms with van der Waals surface area (Å²) >= 11 is 3.39. The highest BCUT2D eigenvalue weighted by molar-refractivity contribution is 9.10. The van der Waals surface area contributed by atoms with Crippen molar-refractivity contribution in [3.63, 3.8) is 0 Å². The summed E-state index contributed by atoms with van der Waals surface area (Å²) in [6.45, 7) is 4.93. The molecular formula is C10H17BrN2. The molecule has 0 aromatic carbocycles. The van der Waals surface area contributed by atoms with Crippen LogP contribution in [0, 0.1) is 0 Å². The van der Waals surface area contributed by atoms with Crippen molar-refractivity contribution in [1.82, 2.24) is 9.88 Å². The second-order valence-corrected chi connectivity index (χ2v) is 3.44. The predicted molar refractivity (Wildman–Crippen MR) is 60.7 cm³/mol. The molecule has 0 unspecified atom stereocenters. The van der Waals surface area contributed by atoms with Crippen LogP contribution in [0.1, 0.15) is 19.4 Å². The number of halogens is 1. The van der Waals surface area contributed by atoms with Crippen LogP contribution in [0.25, 0.3) is 0 Å². The van der Waals surface area contributed by atoms with Gasteiger partial charge in [0.2, 0.25) is 0 Å². The van der Waals surface area contributed by atoms with E-state index in [0.29, 0.717) is 0 Å². The molecule has 3 heteroatoms. The molecule has 0 amide bonds. The fraction of sp³-hybridized carbons (Fsp3) is 0.500. The van der Waals surface area contributed by atoms with E-state index in [9.17, 15) is 0 Å². The molecule has 0 spiro atoms. The van der Waals surface area contributed by atoms with Crippen molar-refractivity contribution in [2.24, 2.45) is 0 Å².